The molecule has 0 aliphatic heterocycles. The van der Waals surface area contributed by atoms with Gasteiger partial charge in [0, 0.05) is 33.3 Å². The quantitative estimate of drug-likeness (QED) is 0.408. The van der Waals surface area contributed by atoms with Crippen molar-refractivity contribution in [2.24, 2.45) is 0 Å². The fourth-order valence-corrected chi connectivity index (χ4v) is 5.97. The molecule has 0 atom stereocenters. The van der Waals surface area contributed by atoms with E-state index >= 15 is 0 Å². The van der Waals surface area contributed by atoms with Gasteiger partial charge in [0.05, 0.1) is 14.8 Å². The van der Waals surface area contributed by atoms with E-state index in [4.69, 9.17) is 4.74 Å². The number of halogens is 3. The predicted molar refractivity (Wildman–Crippen MR) is 110 cm³/mol. The van der Waals surface area contributed by atoms with Gasteiger partial charge >= 0.3 is 5.97 Å². The minimum absolute atomic E-state index is 0.0969. The van der Waals surface area contributed by atoms with Crippen molar-refractivity contribution >= 4 is 91.2 Å². The van der Waals surface area contributed by atoms with Crippen molar-refractivity contribution < 1.29 is 24.2 Å². The van der Waals surface area contributed by atoms with E-state index in [0.29, 0.717) is 22.0 Å². The Balaban J connectivity index is 3.46. The molecule has 0 spiro atoms. The van der Waals surface area contributed by atoms with Crippen LogP contribution in [0, 0.1) is 10.7 Å². The van der Waals surface area contributed by atoms with Crippen LogP contribution in [0.1, 0.15) is 22.8 Å². The maximum atomic E-state index is 11.8. The summed E-state index contributed by atoms with van der Waals surface area (Å²) in [7, 11) is 1.40. The molecule has 0 radical (unpaired) electrons. The number of carboxylic acids is 1. The third kappa shape index (κ3) is 5.38. The number of aromatic carboxylic acids is 1. The Morgan fingerprint density at radius 3 is 2.22 bits per heavy atom. The number of anilines is 1. The van der Waals surface area contributed by atoms with Crippen molar-refractivity contribution in [1.82, 2.24) is 5.32 Å². The van der Waals surface area contributed by atoms with Gasteiger partial charge in [-0.05, 0) is 67.8 Å². The van der Waals surface area contributed by atoms with Crippen LogP contribution in [0.4, 0.5) is 5.69 Å². The first kappa shape index (κ1) is 20.8. The molecule has 1 aromatic carbocycles. The molecule has 3 N–H and O–H groups in total. The monoisotopic (exact) mass is 658 g/mol. The molecule has 7 nitrogen and oxygen atoms in total. The summed E-state index contributed by atoms with van der Waals surface area (Å²) in [4.78, 5) is 34.5. The molecule has 1 aromatic rings. The molecule has 0 aliphatic carbocycles. The number of carboxylic acid groups (broad SMARTS) is 1. The molecule has 0 heterocycles. The number of benzene rings is 1. The zero-order valence-corrected chi connectivity index (χ0v) is 18.6. The molecule has 0 bridgehead atoms. The molecule has 10 heteroatoms. The molecule has 2 amide bonds. The van der Waals surface area contributed by atoms with Crippen molar-refractivity contribution in [2.45, 2.75) is 13.5 Å². The Morgan fingerprint density at radius 1 is 1.13 bits per heavy atom. The van der Waals surface area contributed by atoms with Crippen LogP contribution in [0.25, 0.3) is 0 Å². The second-order valence-electron chi connectivity index (χ2n) is 4.37. The lowest BCUT2D eigenvalue weighted by Gasteiger charge is -2.18. The summed E-state index contributed by atoms with van der Waals surface area (Å²) in [5, 5.41) is 14.8. The van der Waals surface area contributed by atoms with Crippen LogP contribution in [0.15, 0.2) is 0 Å². The van der Waals surface area contributed by atoms with E-state index in [9.17, 15) is 19.5 Å². The lowest BCUT2D eigenvalue weighted by Crippen LogP contribution is -2.24. The van der Waals surface area contributed by atoms with Crippen LogP contribution in [-0.2, 0) is 20.9 Å². The van der Waals surface area contributed by atoms with Crippen molar-refractivity contribution in [3.8, 4) is 0 Å². The fourth-order valence-electron chi connectivity index (χ4n) is 1.69. The SMILES string of the molecule is COCC(=O)Nc1c(I)c(CNC(C)=O)c(I)c(C(=O)O)c1I. The molecular formula is C13H13I3N2O5. The summed E-state index contributed by atoms with van der Waals surface area (Å²) in [5.41, 5.74) is 1.15. The Hall–Kier alpha value is -0.220. The van der Waals surface area contributed by atoms with Gasteiger partial charge in [0.15, 0.2) is 0 Å². The van der Waals surface area contributed by atoms with E-state index in [1.807, 2.05) is 67.8 Å². The molecule has 0 saturated carbocycles. The largest absolute Gasteiger partial charge is 0.478 e. The first-order chi connectivity index (χ1) is 10.7. The van der Waals surface area contributed by atoms with Gasteiger partial charge in [-0.1, -0.05) is 0 Å². The third-order valence-corrected chi connectivity index (χ3v) is 6.14. The van der Waals surface area contributed by atoms with Gasteiger partial charge in [-0.15, -0.1) is 0 Å². The number of hydrogen-bond acceptors (Lipinski definition) is 4. The van der Waals surface area contributed by atoms with Gasteiger partial charge in [-0.25, -0.2) is 4.79 Å². The highest BCUT2D eigenvalue weighted by Crippen LogP contribution is 2.35. The Kier molecular flexibility index (Phi) is 8.43. The Bertz CT molecular complexity index is 664. The standard InChI is InChI=1S/C13H13I3N2O5/c1-5(19)17-3-6-9(14)8(13(21)22)11(16)12(10(6)15)18-7(20)4-23-2/h3-4H2,1-2H3,(H,17,19)(H,18,20)(H,21,22). The van der Waals surface area contributed by atoms with Gasteiger partial charge in [-0.3, -0.25) is 9.59 Å². The highest BCUT2D eigenvalue weighted by molar-refractivity contribution is 14.1. The minimum atomic E-state index is -1.10. The van der Waals surface area contributed by atoms with Crippen molar-refractivity contribution in [3.05, 3.63) is 21.8 Å². The molecule has 1 rings (SSSR count). The number of amides is 2. The zero-order chi connectivity index (χ0) is 17.7. The van der Waals surface area contributed by atoms with Gasteiger partial charge in [0.25, 0.3) is 0 Å². The Labute approximate surface area is 173 Å². The van der Waals surface area contributed by atoms with Crippen LogP contribution in [-0.4, -0.2) is 36.6 Å². The fraction of sp³-hybridized carbons (Fsp3) is 0.308. The van der Waals surface area contributed by atoms with Gasteiger partial charge in [-0.2, -0.15) is 0 Å². The summed E-state index contributed by atoms with van der Waals surface area (Å²) in [6.45, 7) is 1.42. The molecule has 0 aliphatic rings. The second kappa shape index (κ2) is 9.31. The van der Waals surface area contributed by atoms with Crippen LogP contribution >= 0.6 is 67.8 Å². The minimum Gasteiger partial charge on any atom is -0.478 e. The second-order valence-corrected chi connectivity index (χ2v) is 7.60. The maximum Gasteiger partial charge on any atom is 0.337 e. The first-order valence-electron chi connectivity index (χ1n) is 6.16. The average molecular weight is 658 g/mol. The normalized spacial score (nSPS) is 10.3. The Morgan fingerprint density at radius 2 is 1.74 bits per heavy atom. The van der Waals surface area contributed by atoms with Crippen molar-refractivity contribution in [3.63, 3.8) is 0 Å². The smallest absolute Gasteiger partial charge is 0.337 e. The lowest BCUT2D eigenvalue weighted by atomic mass is 10.1. The van der Waals surface area contributed by atoms with Crippen molar-refractivity contribution in [2.75, 3.05) is 19.0 Å². The topological polar surface area (TPSA) is 105 Å². The maximum absolute atomic E-state index is 11.8. The first-order valence-corrected chi connectivity index (χ1v) is 9.40. The number of carbonyl (C=O) groups is 3. The van der Waals surface area contributed by atoms with Crippen molar-refractivity contribution in [1.29, 1.82) is 0 Å². The number of nitrogens with one attached hydrogen (secondary N) is 2. The number of ether oxygens (including phenoxy) is 1. The number of carbonyl (C=O) groups excluding carboxylic acids is 2. The molecular weight excluding hydrogens is 645 g/mol. The highest BCUT2D eigenvalue weighted by Gasteiger charge is 2.25. The highest BCUT2D eigenvalue weighted by atomic mass is 127. The zero-order valence-electron chi connectivity index (χ0n) is 12.1. The van der Waals surface area contributed by atoms with Crippen LogP contribution in [0.5, 0.6) is 0 Å². The van der Waals surface area contributed by atoms with Crippen LogP contribution in [0.3, 0.4) is 0 Å². The number of methoxy groups -OCH3 is 1. The number of hydrogen-bond donors (Lipinski definition) is 3. The van der Waals surface area contributed by atoms with E-state index in [-0.39, 0.29) is 30.5 Å². The molecule has 0 aromatic heterocycles. The van der Waals surface area contributed by atoms with Gasteiger partial charge in [0.1, 0.15) is 6.61 Å². The van der Waals surface area contributed by atoms with Crippen LogP contribution < -0.4 is 10.6 Å². The molecule has 0 unspecified atom stereocenters. The van der Waals surface area contributed by atoms with Gasteiger partial charge < -0.3 is 20.5 Å². The van der Waals surface area contributed by atoms with E-state index in [1.165, 1.54) is 14.0 Å². The summed E-state index contributed by atoms with van der Waals surface area (Å²) in [6, 6.07) is 0. The third-order valence-electron chi connectivity index (χ3n) is 2.68. The summed E-state index contributed by atoms with van der Waals surface area (Å²) < 4.78 is 6.42. The van der Waals surface area contributed by atoms with E-state index < -0.39 is 5.97 Å². The van der Waals surface area contributed by atoms with E-state index in [0.717, 1.165) is 0 Å². The van der Waals surface area contributed by atoms with Crippen LogP contribution in [0.2, 0.25) is 0 Å². The van der Waals surface area contributed by atoms with Gasteiger partial charge in [0.2, 0.25) is 11.8 Å². The molecule has 0 saturated heterocycles. The van der Waals surface area contributed by atoms with E-state index in [2.05, 4.69) is 10.6 Å². The molecule has 23 heavy (non-hydrogen) atoms. The van der Waals surface area contributed by atoms with E-state index in [1.54, 1.807) is 0 Å². The average Bonchev–Trinajstić information content (AvgIpc) is 2.43. The summed E-state index contributed by atoms with van der Waals surface area (Å²) in [5.74, 6) is -1.70. The number of rotatable bonds is 6. The lowest BCUT2D eigenvalue weighted by molar-refractivity contribution is -0.120. The predicted octanol–water partition coefficient (Wildman–Crippen LogP) is 2.42. The molecule has 0 fully saturated rings. The molecule has 126 valence electrons. The summed E-state index contributed by atoms with van der Waals surface area (Å²) >= 11 is 5.87. The summed E-state index contributed by atoms with van der Waals surface area (Å²) in [6.07, 6.45) is 0.